The van der Waals surface area contributed by atoms with E-state index in [1.807, 2.05) is 12.1 Å². The van der Waals surface area contributed by atoms with Gasteiger partial charge in [0.05, 0.1) is 11.4 Å². The van der Waals surface area contributed by atoms with Crippen LogP contribution in [0.4, 0.5) is 0 Å². The smallest absolute Gasteiger partial charge is 0.251 e. The van der Waals surface area contributed by atoms with Crippen LogP contribution in [0.15, 0.2) is 53.4 Å². The first-order valence-electron chi connectivity index (χ1n) is 11.6. The molecule has 3 rings (SSSR count). The number of amides is 2. The first kappa shape index (κ1) is 25.9. The molecule has 0 aliphatic carbocycles. The van der Waals surface area contributed by atoms with Crippen molar-refractivity contribution in [2.24, 2.45) is 0 Å². The van der Waals surface area contributed by atoms with Gasteiger partial charge in [-0.15, -0.1) is 0 Å². The first-order chi connectivity index (χ1) is 16.3. The summed E-state index contributed by atoms with van der Waals surface area (Å²) < 4.78 is 25.6. The van der Waals surface area contributed by atoms with Crippen LogP contribution in [-0.4, -0.2) is 63.2 Å². The van der Waals surface area contributed by atoms with Crippen molar-refractivity contribution in [3.63, 3.8) is 0 Å². The molecular formula is C25H34N4O4S. The molecule has 0 aromatic heterocycles. The highest BCUT2D eigenvalue weighted by atomic mass is 32.2. The van der Waals surface area contributed by atoms with Crippen LogP contribution >= 0.6 is 0 Å². The normalized spacial score (nSPS) is 15.0. The van der Waals surface area contributed by atoms with E-state index in [2.05, 4.69) is 27.7 Å². The monoisotopic (exact) mass is 486 g/mol. The number of likely N-dealkylation sites (tertiary alicyclic amines) is 1. The second-order valence-electron chi connectivity index (χ2n) is 8.78. The molecule has 0 atom stereocenters. The van der Waals surface area contributed by atoms with Crippen LogP contribution < -0.4 is 10.6 Å². The number of benzene rings is 2. The van der Waals surface area contributed by atoms with Gasteiger partial charge in [-0.25, -0.2) is 12.7 Å². The molecule has 0 spiro atoms. The Labute approximate surface area is 202 Å². The summed E-state index contributed by atoms with van der Waals surface area (Å²) in [4.78, 5) is 27.1. The van der Waals surface area contributed by atoms with Crippen molar-refractivity contribution in [2.75, 3.05) is 33.7 Å². The number of carbonyl (C=O) groups excluding carboxylic acids is 2. The summed E-state index contributed by atoms with van der Waals surface area (Å²) in [5.41, 5.74) is 2.43. The predicted molar refractivity (Wildman–Crippen MR) is 132 cm³/mol. The van der Waals surface area contributed by atoms with Crippen LogP contribution in [-0.2, 0) is 27.9 Å². The van der Waals surface area contributed by atoms with Crippen molar-refractivity contribution in [3.8, 4) is 0 Å². The van der Waals surface area contributed by atoms with E-state index in [0.29, 0.717) is 6.54 Å². The molecule has 34 heavy (non-hydrogen) atoms. The zero-order valence-corrected chi connectivity index (χ0v) is 20.7. The molecule has 1 saturated heterocycles. The Hall–Kier alpha value is -2.75. The number of sulfonamides is 1. The number of nitrogens with one attached hydrogen (secondary N) is 2. The molecule has 2 aromatic rings. The highest BCUT2D eigenvalue weighted by Gasteiger charge is 2.19. The number of hydrogen-bond acceptors (Lipinski definition) is 5. The van der Waals surface area contributed by atoms with Crippen LogP contribution in [0.3, 0.4) is 0 Å². The SMILES string of the molecule is CN(C)S(=O)(=O)c1cccc(C(=O)NCC(=O)NCc2ccc(CN3CCCCCC3)cc2)c1. The van der Waals surface area contributed by atoms with E-state index >= 15 is 0 Å². The van der Waals surface area contributed by atoms with E-state index in [4.69, 9.17) is 0 Å². The largest absolute Gasteiger partial charge is 0.350 e. The lowest BCUT2D eigenvalue weighted by atomic mass is 10.1. The number of carbonyl (C=O) groups is 2. The standard InChI is InChI=1S/C25H34N4O4S/c1-28(2)34(32,33)23-9-7-8-22(16-23)25(31)27-18-24(30)26-17-20-10-12-21(13-11-20)19-29-14-5-3-4-6-15-29/h7-13,16H,3-6,14-15,17-19H2,1-2H3,(H,26,30)(H,27,31). The van der Waals surface area contributed by atoms with Crippen LogP contribution in [0, 0.1) is 0 Å². The van der Waals surface area contributed by atoms with E-state index in [1.54, 1.807) is 0 Å². The van der Waals surface area contributed by atoms with E-state index < -0.39 is 15.9 Å². The van der Waals surface area contributed by atoms with Crippen molar-refractivity contribution in [2.45, 2.75) is 43.7 Å². The van der Waals surface area contributed by atoms with Gasteiger partial charge in [0.1, 0.15) is 0 Å². The summed E-state index contributed by atoms with van der Waals surface area (Å²) in [6.07, 6.45) is 5.17. The Bertz CT molecular complexity index is 1080. The highest BCUT2D eigenvalue weighted by molar-refractivity contribution is 7.89. The predicted octanol–water partition coefficient (Wildman–Crippen LogP) is 2.36. The van der Waals surface area contributed by atoms with E-state index in [9.17, 15) is 18.0 Å². The van der Waals surface area contributed by atoms with Crippen LogP contribution in [0.25, 0.3) is 0 Å². The Balaban J connectivity index is 1.45. The van der Waals surface area contributed by atoms with Crippen molar-refractivity contribution in [1.82, 2.24) is 19.8 Å². The molecule has 0 saturated carbocycles. The fourth-order valence-electron chi connectivity index (χ4n) is 3.85. The Morgan fingerprint density at radius 1 is 0.912 bits per heavy atom. The minimum absolute atomic E-state index is 0.0221. The van der Waals surface area contributed by atoms with Crippen molar-refractivity contribution < 1.29 is 18.0 Å². The number of hydrogen-bond donors (Lipinski definition) is 2. The summed E-state index contributed by atoms with van der Waals surface area (Å²) in [5, 5.41) is 5.34. The third-order valence-electron chi connectivity index (χ3n) is 5.90. The maximum atomic E-state index is 12.4. The Kier molecular flexibility index (Phi) is 9.20. The lowest BCUT2D eigenvalue weighted by Gasteiger charge is -2.19. The third kappa shape index (κ3) is 7.38. The Morgan fingerprint density at radius 3 is 2.21 bits per heavy atom. The van der Waals surface area contributed by atoms with Crippen LogP contribution in [0.2, 0.25) is 0 Å². The topological polar surface area (TPSA) is 98.8 Å². The minimum atomic E-state index is -3.65. The molecule has 2 amide bonds. The maximum absolute atomic E-state index is 12.4. The molecule has 0 radical (unpaired) electrons. The van der Waals surface area contributed by atoms with Crippen LogP contribution in [0.1, 0.15) is 47.2 Å². The number of nitrogens with zero attached hydrogens (tertiary/aromatic N) is 2. The molecule has 1 aliphatic heterocycles. The van der Waals surface area contributed by atoms with Gasteiger partial charge in [-0.2, -0.15) is 0 Å². The molecular weight excluding hydrogens is 452 g/mol. The average molecular weight is 487 g/mol. The molecule has 184 valence electrons. The molecule has 1 fully saturated rings. The van der Waals surface area contributed by atoms with Gasteiger partial charge < -0.3 is 10.6 Å². The van der Waals surface area contributed by atoms with E-state index in [-0.39, 0.29) is 22.9 Å². The van der Waals surface area contributed by atoms with Gasteiger partial charge >= 0.3 is 0 Å². The molecule has 1 heterocycles. The van der Waals surface area contributed by atoms with Crippen molar-refractivity contribution >= 4 is 21.8 Å². The molecule has 2 aromatic carbocycles. The fourth-order valence-corrected chi connectivity index (χ4v) is 4.80. The maximum Gasteiger partial charge on any atom is 0.251 e. The molecule has 8 nitrogen and oxygen atoms in total. The lowest BCUT2D eigenvalue weighted by molar-refractivity contribution is -0.120. The lowest BCUT2D eigenvalue weighted by Crippen LogP contribution is -2.36. The summed E-state index contributed by atoms with van der Waals surface area (Å²) >= 11 is 0. The highest BCUT2D eigenvalue weighted by Crippen LogP contribution is 2.15. The van der Waals surface area contributed by atoms with Gasteiger partial charge in [0.15, 0.2) is 0 Å². The minimum Gasteiger partial charge on any atom is -0.350 e. The molecule has 1 aliphatic rings. The quantitative estimate of drug-likeness (QED) is 0.567. The fraction of sp³-hybridized carbons (Fsp3) is 0.440. The Morgan fingerprint density at radius 2 is 1.56 bits per heavy atom. The third-order valence-corrected chi connectivity index (χ3v) is 7.71. The van der Waals surface area contributed by atoms with E-state index in [0.717, 1.165) is 29.5 Å². The van der Waals surface area contributed by atoms with Gasteiger partial charge in [0, 0.05) is 32.7 Å². The summed E-state index contributed by atoms with van der Waals surface area (Å²) in [5.74, 6) is -0.831. The molecule has 9 heteroatoms. The molecule has 0 bridgehead atoms. The molecule has 0 unspecified atom stereocenters. The second-order valence-corrected chi connectivity index (χ2v) is 10.9. The van der Waals surface area contributed by atoms with Gasteiger partial charge in [0.25, 0.3) is 5.91 Å². The van der Waals surface area contributed by atoms with Crippen molar-refractivity contribution in [3.05, 3.63) is 65.2 Å². The molecule has 2 N–H and O–H groups in total. The summed E-state index contributed by atoms with van der Waals surface area (Å²) in [6.45, 7) is 3.43. The number of rotatable bonds is 9. The van der Waals surface area contributed by atoms with Gasteiger partial charge in [-0.05, 0) is 55.3 Å². The zero-order valence-electron chi connectivity index (χ0n) is 19.9. The van der Waals surface area contributed by atoms with Crippen LogP contribution in [0.5, 0.6) is 0 Å². The summed E-state index contributed by atoms with van der Waals surface area (Å²) in [7, 11) is -0.793. The van der Waals surface area contributed by atoms with E-state index in [1.165, 1.54) is 69.6 Å². The average Bonchev–Trinajstić information content (AvgIpc) is 3.10. The first-order valence-corrected chi connectivity index (χ1v) is 13.1. The zero-order chi connectivity index (χ0) is 24.6. The second kappa shape index (κ2) is 12.1. The van der Waals surface area contributed by atoms with Gasteiger partial charge in [-0.1, -0.05) is 43.2 Å². The van der Waals surface area contributed by atoms with Crippen molar-refractivity contribution in [1.29, 1.82) is 0 Å². The van der Waals surface area contributed by atoms with Gasteiger partial charge in [-0.3, -0.25) is 14.5 Å². The summed E-state index contributed by atoms with van der Waals surface area (Å²) in [6, 6.07) is 14.0. The van der Waals surface area contributed by atoms with Gasteiger partial charge in [0.2, 0.25) is 15.9 Å².